The molecule has 53 heavy (non-hydrogen) atoms. The lowest BCUT2D eigenvalue weighted by molar-refractivity contribution is -0.130. The summed E-state index contributed by atoms with van der Waals surface area (Å²) in [6, 6.07) is 3.45. The minimum atomic E-state index is -5.34. The Morgan fingerprint density at radius 2 is 1.62 bits per heavy atom. The molecule has 4 amide bonds. The fraction of sp³-hybridized carbons (Fsp3) is 0.438. The average Bonchev–Trinajstić information content (AvgIpc) is 3.08. The van der Waals surface area contributed by atoms with E-state index >= 15 is 0 Å². The molecule has 9 N–H and O–H groups in total. The molecular weight excluding hydrogens is 738 g/mol. The van der Waals surface area contributed by atoms with E-state index in [1.165, 1.54) is 24.3 Å². The van der Waals surface area contributed by atoms with Crippen molar-refractivity contribution in [3.8, 4) is 18.1 Å². The lowest BCUT2D eigenvalue weighted by Gasteiger charge is -2.29. The van der Waals surface area contributed by atoms with Crippen molar-refractivity contribution in [3.05, 3.63) is 53.9 Å². The molecule has 1 fully saturated rings. The van der Waals surface area contributed by atoms with E-state index in [4.69, 9.17) is 17.9 Å². The Morgan fingerprint density at radius 1 is 0.943 bits per heavy atom. The van der Waals surface area contributed by atoms with E-state index in [0.29, 0.717) is 6.42 Å². The molecule has 288 valence electrons. The van der Waals surface area contributed by atoms with Gasteiger partial charge in [0.2, 0.25) is 21.8 Å². The van der Waals surface area contributed by atoms with Crippen LogP contribution in [0, 0.1) is 12.3 Å². The maximum atomic E-state index is 13.7. The number of terminal acetylenes is 1. The van der Waals surface area contributed by atoms with Crippen LogP contribution < -0.4 is 41.6 Å². The number of nitrogens with two attached hydrogens (primary N) is 2. The molecule has 1 aliphatic carbocycles. The second kappa shape index (κ2) is 20.1. The number of halogens is 1. The number of pyridine rings is 1. The number of benzene rings is 1. The van der Waals surface area contributed by atoms with E-state index in [-0.39, 0.29) is 73.3 Å². The third kappa shape index (κ3) is 14.7. The van der Waals surface area contributed by atoms with Crippen molar-refractivity contribution < 1.29 is 44.1 Å². The molecule has 0 spiro atoms. The summed E-state index contributed by atoms with van der Waals surface area (Å²) in [5.41, 5.74) is 10.8. The maximum absolute atomic E-state index is 13.7. The van der Waals surface area contributed by atoms with Gasteiger partial charge in [0.05, 0.1) is 23.2 Å². The zero-order valence-electron chi connectivity index (χ0n) is 28.5. The molecule has 0 bridgehead atoms. The quantitative estimate of drug-likeness (QED) is 0.0278. The number of unbranched alkanes of at least 4 members (excludes halogenated alkanes) is 1. The zero-order chi connectivity index (χ0) is 39.0. The number of aliphatic imine (C=N–C) groups is 1. The Bertz CT molecular complexity index is 1900. The molecule has 2 atom stereocenters. The first kappa shape index (κ1) is 42.1. The van der Waals surface area contributed by atoms with Crippen LogP contribution in [0.3, 0.4) is 0 Å². The van der Waals surface area contributed by atoms with Crippen LogP contribution in [0.15, 0.2) is 52.6 Å². The summed E-state index contributed by atoms with van der Waals surface area (Å²) in [7, 11) is -9.69. The number of aromatic nitrogens is 1. The van der Waals surface area contributed by atoms with Crippen LogP contribution >= 0.6 is 0 Å². The second-order valence-electron chi connectivity index (χ2n) is 11.9. The van der Waals surface area contributed by atoms with Gasteiger partial charge in [0.15, 0.2) is 11.7 Å². The van der Waals surface area contributed by atoms with Crippen LogP contribution in [0.2, 0.25) is 0 Å². The van der Waals surface area contributed by atoms with Gasteiger partial charge < -0.3 is 36.9 Å². The Kier molecular flexibility index (Phi) is 15.9. The molecule has 3 rings (SSSR count). The van der Waals surface area contributed by atoms with Gasteiger partial charge in [0, 0.05) is 30.9 Å². The van der Waals surface area contributed by atoms with Crippen molar-refractivity contribution in [3.63, 3.8) is 0 Å². The van der Waals surface area contributed by atoms with Crippen LogP contribution in [0.1, 0.15) is 72.1 Å². The number of carbonyl (C=O) groups is 4. The summed E-state index contributed by atoms with van der Waals surface area (Å²) in [4.78, 5) is 59.0. The molecule has 0 radical (unpaired) electrons. The summed E-state index contributed by atoms with van der Waals surface area (Å²) in [5, 5.41) is 10.6. The van der Waals surface area contributed by atoms with Gasteiger partial charge in [-0.1, -0.05) is 9.81 Å². The van der Waals surface area contributed by atoms with Crippen molar-refractivity contribution in [1.29, 1.82) is 0 Å². The van der Waals surface area contributed by atoms with E-state index in [9.17, 15) is 39.9 Å². The summed E-state index contributed by atoms with van der Waals surface area (Å²) in [5.74, 6) is -0.819. The highest BCUT2D eigenvalue weighted by Crippen LogP contribution is 2.19. The molecule has 1 heterocycles. The molecule has 18 nitrogen and oxygen atoms in total. The lowest BCUT2D eigenvalue weighted by atomic mass is 9.92. The standard InChI is InChI=1S/C32H42FN9O9S2/c1-2-15-37-28(43)21-11-13-25(14-12-21)52(47,48)42-27(9-3-4-16-38-29(44)22-18-24(20-36-19-22)51-53(33,49)50)31(46)41-26(10-6-17-39-32(34)35)30(45)40-23-7-5-8-23/h1,11-14,18-20,23,26-27,42H,3-10,15-17H2,(H,37,43)(H,38,44)(H,40,45)(H,41,46)(H4,34,35,39). The number of rotatable bonds is 21. The van der Waals surface area contributed by atoms with Gasteiger partial charge in [-0.05, 0) is 81.7 Å². The summed E-state index contributed by atoms with van der Waals surface area (Å²) >= 11 is 0. The van der Waals surface area contributed by atoms with Gasteiger partial charge in [0.25, 0.3) is 11.8 Å². The number of amides is 4. The summed E-state index contributed by atoms with van der Waals surface area (Å²) < 4.78 is 67.8. The predicted molar refractivity (Wildman–Crippen MR) is 190 cm³/mol. The van der Waals surface area contributed by atoms with Crippen LogP contribution in [0.4, 0.5) is 3.89 Å². The van der Waals surface area contributed by atoms with Gasteiger partial charge in [-0.2, -0.15) is 13.1 Å². The fourth-order valence-electron chi connectivity index (χ4n) is 4.90. The zero-order valence-corrected chi connectivity index (χ0v) is 30.2. The van der Waals surface area contributed by atoms with E-state index in [2.05, 4.69) is 46.1 Å². The van der Waals surface area contributed by atoms with Crippen molar-refractivity contribution in [2.45, 2.75) is 74.4 Å². The monoisotopic (exact) mass is 779 g/mol. The highest BCUT2D eigenvalue weighted by Gasteiger charge is 2.31. The van der Waals surface area contributed by atoms with Crippen molar-refractivity contribution >= 4 is 50.1 Å². The third-order valence-corrected chi connectivity index (χ3v) is 9.68. The van der Waals surface area contributed by atoms with Crippen LogP contribution in [-0.4, -0.2) is 89.2 Å². The predicted octanol–water partition coefficient (Wildman–Crippen LogP) is -0.508. The first-order valence-corrected chi connectivity index (χ1v) is 19.2. The molecule has 1 aromatic carbocycles. The van der Waals surface area contributed by atoms with Crippen molar-refractivity contribution in [2.24, 2.45) is 16.5 Å². The van der Waals surface area contributed by atoms with Gasteiger partial charge in [0.1, 0.15) is 12.1 Å². The number of hydrogen-bond acceptors (Lipinski definition) is 11. The molecule has 2 unspecified atom stereocenters. The first-order valence-electron chi connectivity index (χ1n) is 16.5. The molecule has 0 saturated heterocycles. The van der Waals surface area contributed by atoms with E-state index in [1.807, 2.05) is 0 Å². The molecule has 1 aromatic heterocycles. The van der Waals surface area contributed by atoms with E-state index < -0.39 is 62.0 Å². The molecule has 1 aliphatic rings. The number of carbonyl (C=O) groups excluding carboxylic acids is 4. The van der Waals surface area contributed by atoms with Crippen LogP contribution in [-0.2, 0) is 30.1 Å². The molecule has 1 saturated carbocycles. The van der Waals surface area contributed by atoms with Crippen molar-refractivity contribution in [2.75, 3.05) is 19.6 Å². The Hall–Kier alpha value is -5.33. The molecule has 21 heteroatoms. The SMILES string of the molecule is C#CCNC(=O)c1ccc(S(=O)(=O)NC(CCCCNC(=O)c2cncc(OS(=O)(=O)F)c2)C(=O)NC(CCCN=C(N)N)C(=O)NC2CCC2)cc1. The normalized spacial score (nSPS) is 14.0. The topological polar surface area (TPSA) is 283 Å². The summed E-state index contributed by atoms with van der Waals surface area (Å²) in [6.07, 6.45) is 10.5. The number of nitrogens with one attached hydrogen (secondary N) is 5. The minimum absolute atomic E-state index is 0.0267. The lowest BCUT2D eigenvalue weighted by Crippen LogP contribution is -2.55. The highest BCUT2D eigenvalue weighted by molar-refractivity contribution is 7.89. The molecular formula is C32H42FN9O9S2. The number of nitrogens with zero attached hydrogens (tertiary/aromatic N) is 2. The second-order valence-corrected chi connectivity index (χ2v) is 14.5. The number of hydrogen-bond donors (Lipinski definition) is 7. The summed E-state index contributed by atoms with van der Waals surface area (Å²) in [6.45, 7) is 0.195. The maximum Gasteiger partial charge on any atom is 0.488 e. The average molecular weight is 780 g/mol. The number of sulfonamides is 1. The largest absolute Gasteiger partial charge is 0.488 e. The Morgan fingerprint density at radius 3 is 2.25 bits per heavy atom. The van der Waals surface area contributed by atoms with Gasteiger partial charge >= 0.3 is 10.5 Å². The van der Waals surface area contributed by atoms with Gasteiger partial charge in [-0.3, -0.25) is 29.2 Å². The van der Waals surface area contributed by atoms with E-state index in [0.717, 1.165) is 37.7 Å². The van der Waals surface area contributed by atoms with Crippen LogP contribution in [0.25, 0.3) is 0 Å². The van der Waals surface area contributed by atoms with Crippen LogP contribution in [0.5, 0.6) is 5.75 Å². The van der Waals surface area contributed by atoms with Crippen molar-refractivity contribution in [1.82, 2.24) is 31.0 Å². The fourth-order valence-corrected chi connectivity index (χ4v) is 6.45. The smallest absolute Gasteiger partial charge is 0.370 e. The molecule has 2 aromatic rings. The Balaban J connectivity index is 1.73. The third-order valence-electron chi connectivity index (χ3n) is 7.80. The minimum Gasteiger partial charge on any atom is -0.370 e. The molecule has 0 aliphatic heterocycles. The highest BCUT2D eigenvalue weighted by atomic mass is 32.3. The van der Waals surface area contributed by atoms with Gasteiger partial charge in [-0.25, -0.2) is 8.42 Å². The van der Waals surface area contributed by atoms with E-state index in [1.54, 1.807) is 0 Å². The first-order chi connectivity index (χ1) is 25.1. The Labute approximate surface area is 307 Å². The number of guanidine groups is 1. The van der Waals surface area contributed by atoms with Gasteiger partial charge in [-0.15, -0.1) is 6.42 Å².